The fourth-order valence-electron chi connectivity index (χ4n) is 8.22. The number of esters is 4. The molecule has 2 amide bonds. The number of allylic oxidation sites excluding steroid dienone is 4. The average molecular weight is 1290 g/mol. The van der Waals surface area contributed by atoms with Gasteiger partial charge in [-0.1, -0.05) is 30.7 Å². The van der Waals surface area contributed by atoms with Crippen molar-refractivity contribution >= 4 is 69.1 Å². The van der Waals surface area contributed by atoms with E-state index in [0.29, 0.717) is 13.0 Å². The minimum absolute atomic E-state index is 0.0299. The Morgan fingerprint density at radius 2 is 0.920 bits per heavy atom. The molecule has 2 aromatic rings. The van der Waals surface area contributed by atoms with E-state index in [-0.39, 0.29) is 94.0 Å². The summed E-state index contributed by atoms with van der Waals surface area (Å²) in [6.45, 7) is 9.68. The van der Waals surface area contributed by atoms with E-state index in [1.165, 1.54) is 90.4 Å². The Hall–Kier alpha value is -7.85. The molecule has 2 aliphatic heterocycles. The van der Waals surface area contributed by atoms with E-state index in [1.807, 2.05) is 0 Å². The summed E-state index contributed by atoms with van der Waals surface area (Å²) in [4.78, 5) is 148. The second kappa shape index (κ2) is 35.8. The number of unbranched alkanes of at least 4 members (excludes halogenated alkanes) is 1. The quantitative estimate of drug-likeness (QED) is 0.0113. The van der Waals surface area contributed by atoms with Gasteiger partial charge in [-0.15, -0.1) is 0 Å². The highest BCUT2D eigenvalue weighted by molar-refractivity contribution is 7.46. The number of ether oxygens (including phenoxy) is 8. The molecule has 2 aliphatic rings. The van der Waals surface area contributed by atoms with Crippen LogP contribution in [0.5, 0.6) is 0 Å². The molecule has 0 fully saturated rings. The molecule has 34 nitrogen and oxygen atoms in total. The Morgan fingerprint density at radius 3 is 1.20 bits per heavy atom. The van der Waals surface area contributed by atoms with Crippen LogP contribution >= 0.6 is 15.6 Å². The first-order chi connectivity index (χ1) is 41.1. The molecule has 0 saturated heterocycles. The Morgan fingerprint density at radius 1 is 0.580 bits per heavy atom. The van der Waals surface area contributed by atoms with Crippen molar-refractivity contribution in [2.75, 3.05) is 60.8 Å². The van der Waals surface area contributed by atoms with E-state index in [2.05, 4.69) is 9.05 Å². The van der Waals surface area contributed by atoms with Gasteiger partial charge in [0, 0.05) is 61.3 Å². The van der Waals surface area contributed by atoms with Crippen LogP contribution in [-0.2, 0) is 80.0 Å². The van der Waals surface area contributed by atoms with Gasteiger partial charge in [0.25, 0.3) is 11.4 Å². The van der Waals surface area contributed by atoms with E-state index in [1.54, 1.807) is 27.7 Å². The molecule has 3 atom stereocenters. The predicted octanol–water partition coefficient (Wildman–Crippen LogP) is 5.30. The number of carboxylic acids is 1. The molecule has 4 rings (SSSR count). The fraction of sp³-hybridized carbons (Fsp3) is 0.481. The molecule has 2 aromatic carbocycles. The van der Waals surface area contributed by atoms with Crippen molar-refractivity contribution in [2.45, 2.75) is 105 Å². The minimum Gasteiger partial charge on any atom is -0.480 e. The molecule has 0 saturated carbocycles. The summed E-state index contributed by atoms with van der Waals surface area (Å²) in [6.07, 6.45) is -1.56. The summed E-state index contributed by atoms with van der Waals surface area (Å²) in [7, 11) is -7.19. The topological polar surface area (TPSA) is 492 Å². The normalized spacial score (nSPS) is 15.6. The molecule has 9 N–H and O–H groups in total. The number of nitro groups is 2. The van der Waals surface area contributed by atoms with Gasteiger partial charge in [0.2, 0.25) is 13.6 Å². The molecule has 0 spiro atoms. The lowest BCUT2D eigenvalue weighted by Crippen LogP contribution is -2.39. The smallest absolute Gasteiger partial charge is 0.472 e. The number of nitrogens with zero attached hydrogens (tertiary/aromatic N) is 4. The van der Waals surface area contributed by atoms with Crippen molar-refractivity contribution < 1.29 is 124 Å². The lowest BCUT2D eigenvalue weighted by Gasteiger charge is -2.36. The number of amides is 2. The molecule has 88 heavy (non-hydrogen) atoms. The second-order valence-corrected chi connectivity index (χ2v) is 21.4. The zero-order valence-corrected chi connectivity index (χ0v) is 51.3. The highest BCUT2D eigenvalue weighted by Gasteiger charge is 2.45. The molecule has 0 radical (unpaired) electrons. The van der Waals surface area contributed by atoms with Crippen LogP contribution in [0.3, 0.4) is 0 Å². The Bertz CT molecular complexity index is 2910. The molecule has 0 bridgehead atoms. The van der Waals surface area contributed by atoms with E-state index in [9.17, 15) is 62.9 Å². The van der Waals surface area contributed by atoms with Gasteiger partial charge in [-0.2, -0.15) is 0 Å². The van der Waals surface area contributed by atoms with E-state index >= 15 is 0 Å². The van der Waals surface area contributed by atoms with Gasteiger partial charge in [0.05, 0.1) is 69.4 Å². The van der Waals surface area contributed by atoms with Crippen LogP contribution in [0, 0.1) is 20.2 Å². The molecule has 0 aliphatic carbocycles. The van der Waals surface area contributed by atoms with Crippen molar-refractivity contribution in [2.24, 2.45) is 11.5 Å². The number of non-ortho nitro benzene ring substituents is 2. The number of carbonyl (C=O) groups excluding carboxylic acids is 6. The monoisotopic (exact) mass is 1290 g/mol. The maximum absolute atomic E-state index is 13.4. The van der Waals surface area contributed by atoms with Crippen molar-refractivity contribution in [3.05, 3.63) is 125 Å². The lowest BCUT2D eigenvalue weighted by atomic mass is 9.79. The van der Waals surface area contributed by atoms with Crippen molar-refractivity contribution in [3.8, 4) is 0 Å². The summed E-state index contributed by atoms with van der Waals surface area (Å²) >= 11 is 0. The van der Waals surface area contributed by atoms with Crippen LogP contribution in [0.25, 0.3) is 0 Å². The van der Waals surface area contributed by atoms with Gasteiger partial charge in [-0.3, -0.25) is 34.8 Å². The Balaban J connectivity index is 0.000000519. The van der Waals surface area contributed by atoms with Gasteiger partial charge in [-0.25, -0.2) is 46.9 Å². The number of carbonyl (C=O) groups is 7. The van der Waals surface area contributed by atoms with Crippen LogP contribution < -0.4 is 11.5 Å². The third-order valence-corrected chi connectivity index (χ3v) is 12.8. The number of nitro benzene ring substituents is 2. The van der Waals surface area contributed by atoms with E-state index in [4.69, 9.17) is 74.0 Å². The first kappa shape index (κ1) is 76.2. The third-order valence-electron chi connectivity index (χ3n) is 11.9. The van der Waals surface area contributed by atoms with Gasteiger partial charge >= 0.3 is 57.7 Å². The number of hydrogen-bond acceptors (Lipinski definition) is 25. The van der Waals surface area contributed by atoms with E-state index < -0.39 is 111 Å². The number of methoxy groups -OCH3 is 2. The van der Waals surface area contributed by atoms with Crippen LogP contribution in [0.15, 0.2) is 93.6 Å². The van der Waals surface area contributed by atoms with Crippen molar-refractivity contribution in [3.63, 3.8) is 0 Å². The van der Waals surface area contributed by atoms with Crippen molar-refractivity contribution in [1.29, 1.82) is 0 Å². The largest absolute Gasteiger partial charge is 0.480 e. The summed E-state index contributed by atoms with van der Waals surface area (Å²) in [5.74, 6) is -7.25. The maximum Gasteiger partial charge on any atom is 0.472 e. The summed E-state index contributed by atoms with van der Waals surface area (Å²) in [5.41, 5.74) is 8.92. The predicted molar refractivity (Wildman–Crippen MR) is 302 cm³/mol. The number of nitrogens with two attached hydrogens (primary N) is 2. The minimum atomic E-state index is -4.98. The van der Waals surface area contributed by atoms with E-state index in [0.717, 1.165) is 22.6 Å². The molecular formula is C52H72N6O28P2. The summed E-state index contributed by atoms with van der Waals surface area (Å²) in [5, 5.41) is 31.3. The molecule has 36 heteroatoms. The zero-order valence-electron chi connectivity index (χ0n) is 49.5. The van der Waals surface area contributed by atoms with Gasteiger partial charge in [0.1, 0.15) is 19.3 Å². The highest BCUT2D eigenvalue weighted by atomic mass is 31.2. The molecule has 2 heterocycles. The molecular weight excluding hydrogens is 1220 g/mol. The van der Waals surface area contributed by atoms with Gasteiger partial charge in [0.15, 0.2) is 0 Å². The van der Waals surface area contributed by atoms with Gasteiger partial charge < -0.3 is 74.0 Å². The second-order valence-electron chi connectivity index (χ2n) is 18.9. The number of carboxylic acid groups (broad SMARTS) is 1. The number of phosphoric ester groups is 2. The van der Waals surface area contributed by atoms with Crippen LogP contribution in [0.1, 0.15) is 97.6 Å². The Labute approximate surface area is 503 Å². The molecule has 3 unspecified atom stereocenters. The maximum atomic E-state index is 13.4. The number of phosphoric acid groups is 2. The van der Waals surface area contributed by atoms with Crippen LogP contribution in [-0.4, -0.2) is 165 Å². The number of rotatable bonds is 27. The number of hydrogen-bond donors (Lipinski definition) is 7. The number of aliphatic carboxylic acids is 1. The highest BCUT2D eigenvalue weighted by Crippen LogP contribution is 2.46. The lowest BCUT2D eigenvalue weighted by molar-refractivity contribution is -0.385. The standard InChI is InChI=1S/2C23H29N2O13P.C6H14N2O2/c2*1-13(2)38-22(27)19-15(4)24(23(28)36-12-37-39(31,32)33)14(3)18(21(26)35-10-9-34-5)20(19)16-7-6-8-17(11-16)25(29)30;7-4-2-1-3-5(8)6(9)10/h2*6-8,11,13,20H,9-10,12H2,1-5H3,(H2,31,32,33);5H,1-4,7-8H2,(H,9,10). The first-order valence-corrected chi connectivity index (χ1v) is 29.2. The summed E-state index contributed by atoms with van der Waals surface area (Å²) < 4.78 is 71.0. The number of benzene rings is 2. The van der Waals surface area contributed by atoms with Crippen molar-refractivity contribution in [1.82, 2.24) is 9.80 Å². The van der Waals surface area contributed by atoms with Crippen LogP contribution in [0.2, 0.25) is 0 Å². The van der Waals surface area contributed by atoms with Gasteiger partial charge in [-0.05, 0) is 85.9 Å². The third kappa shape index (κ3) is 23.3. The molecule has 0 aromatic heterocycles. The SMILES string of the molecule is COCCOC(=O)C1=C(C)N(C(=O)OCOP(=O)(O)O)C(C)=C(C(=O)OC(C)C)C1c1cccc([N+](=O)[O-])c1.COCCOC(=O)C1=C(C)N(C(=O)OCOP(=O)(O)O)C(C)=C(C(=O)OC(C)C)C1c1cccc([N+](=O)[O-])c1.NCCCCC(N)C(=O)O. The van der Waals surface area contributed by atoms with Crippen LogP contribution in [0.4, 0.5) is 21.0 Å². The zero-order chi connectivity index (χ0) is 67.0. The molecule has 488 valence electrons. The fourth-order valence-corrected chi connectivity index (χ4v) is 8.60. The summed E-state index contributed by atoms with van der Waals surface area (Å²) in [6, 6.07) is 9.77. The first-order valence-electron chi connectivity index (χ1n) is 26.1. The average Bonchev–Trinajstić information content (AvgIpc) is 0.822. The Kier molecular flexibility index (Phi) is 31.0.